The van der Waals surface area contributed by atoms with Gasteiger partial charge in [-0.1, -0.05) is 32.6 Å². The molecule has 20 heavy (non-hydrogen) atoms. The molecule has 0 spiro atoms. The van der Waals surface area contributed by atoms with E-state index in [-0.39, 0.29) is 13.1 Å². The van der Waals surface area contributed by atoms with Crippen LogP contribution < -0.4 is 5.73 Å². The van der Waals surface area contributed by atoms with E-state index in [9.17, 15) is 16.8 Å². The van der Waals surface area contributed by atoms with Crippen molar-refractivity contribution in [1.29, 1.82) is 0 Å². The molecule has 0 unspecified atom stereocenters. The van der Waals surface area contributed by atoms with E-state index in [0.717, 1.165) is 31.9 Å². The summed E-state index contributed by atoms with van der Waals surface area (Å²) < 4.78 is 49.0. The zero-order valence-electron chi connectivity index (χ0n) is 12.3. The van der Waals surface area contributed by atoms with Crippen LogP contribution in [0.2, 0.25) is 0 Å². The van der Waals surface area contributed by atoms with Crippen LogP contribution in [-0.4, -0.2) is 51.1 Å². The second kappa shape index (κ2) is 6.72. The lowest BCUT2D eigenvalue weighted by atomic mass is 9.90. The van der Waals surface area contributed by atoms with Crippen molar-refractivity contribution >= 4 is 19.9 Å². The number of nitrogens with two attached hydrogens (primary N) is 1. The van der Waals surface area contributed by atoms with Crippen LogP contribution in [0.4, 0.5) is 0 Å². The normalized spacial score (nSPS) is 20.8. The standard InChI is InChI=1S/C12H26N2O4S2/c1-3-14(20(17,18)11-19(2,15)16)12(10-13)8-6-4-5-7-9-12/h3-11,13H2,1-2H3. The quantitative estimate of drug-likeness (QED) is 0.724. The number of sulfonamides is 1. The first kappa shape index (κ1) is 17.9. The average Bonchev–Trinajstić information content (AvgIpc) is 2.52. The van der Waals surface area contributed by atoms with E-state index >= 15 is 0 Å². The van der Waals surface area contributed by atoms with Crippen LogP contribution in [-0.2, 0) is 19.9 Å². The first-order valence-corrected chi connectivity index (χ1v) is 10.7. The Labute approximate surface area is 122 Å². The van der Waals surface area contributed by atoms with E-state index in [2.05, 4.69) is 0 Å². The Morgan fingerprint density at radius 3 is 1.90 bits per heavy atom. The summed E-state index contributed by atoms with van der Waals surface area (Å²) in [5.74, 6) is 0. The van der Waals surface area contributed by atoms with Gasteiger partial charge in [0.05, 0.1) is 0 Å². The summed E-state index contributed by atoms with van der Waals surface area (Å²) in [6.45, 7) is 2.24. The highest BCUT2D eigenvalue weighted by Gasteiger charge is 2.42. The number of sulfone groups is 1. The molecule has 0 amide bonds. The van der Waals surface area contributed by atoms with Gasteiger partial charge in [0.1, 0.15) is 0 Å². The predicted octanol–water partition coefficient (Wildman–Crippen LogP) is 0.692. The zero-order chi connectivity index (χ0) is 15.4. The lowest BCUT2D eigenvalue weighted by Crippen LogP contribution is -2.56. The monoisotopic (exact) mass is 326 g/mol. The number of nitrogens with zero attached hydrogens (tertiary/aromatic N) is 1. The molecule has 8 heteroatoms. The minimum absolute atomic E-state index is 0.240. The average molecular weight is 326 g/mol. The molecular formula is C12H26N2O4S2. The minimum Gasteiger partial charge on any atom is -0.329 e. The topological polar surface area (TPSA) is 97.5 Å². The summed E-state index contributed by atoms with van der Waals surface area (Å²) in [6, 6.07) is 0. The van der Waals surface area contributed by atoms with Crippen molar-refractivity contribution < 1.29 is 16.8 Å². The smallest absolute Gasteiger partial charge is 0.229 e. The van der Waals surface area contributed by atoms with E-state index < -0.39 is 30.5 Å². The summed E-state index contributed by atoms with van der Waals surface area (Å²) in [7, 11) is -7.44. The van der Waals surface area contributed by atoms with Gasteiger partial charge in [-0.25, -0.2) is 16.8 Å². The lowest BCUT2D eigenvalue weighted by Gasteiger charge is -2.41. The van der Waals surface area contributed by atoms with Gasteiger partial charge in [0, 0.05) is 24.9 Å². The fourth-order valence-corrected chi connectivity index (χ4v) is 7.02. The van der Waals surface area contributed by atoms with Crippen LogP contribution in [0.5, 0.6) is 0 Å². The van der Waals surface area contributed by atoms with Crippen molar-refractivity contribution in [2.24, 2.45) is 5.73 Å². The largest absolute Gasteiger partial charge is 0.329 e. The van der Waals surface area contributed by atoms with Gasteiger partial charge in [-0.05, 0) is 12.8 Å². The van der Waals surface area contributed by atoms with E-state index in [1.54, 1.807) is 6.92 Å². The predicted molar refractivity (Wildman–Crippen MR) is 80.5 cm³/mol. The van der Waals surface area contributed by atoms with Crippen molar-refractivity contribution in [1.82, 2.24) is 4.31 Å². The molecule has 0 radical (unpaired) electrons. The fraction of sp³-hybridized carbons (Fsp3) is 1.00. The van der Waals surface area contributed by atoms with Crippen LogP contribution in [0.1, 0.15) is 45.4 Å². The van der Waals surface area contributed by atoms with Crippen LogP contribution in [0.3, 0.4) is 0 Å². The van der Waals surface area contributed by atoms with Gasteiger partial charge in [0.2, 0.25) is 10.0 Å². The summed E-state index contributed by atoms with van der Waals surface area (Å²) in [4.78, 5) is 0. The van der Waals surface area contributed by atoms with Gasteiger partial charge in [0.15, 0.2) is 14.9 Å². The molecule has 120 valence electrons. The lowest BCUT2D eigenvalue weighted by molar-refractivity contribution is 0.174. The van der Waals surface area contributed by atoms with Crippen LogP contribution in [0, 0.1) is 0 Å². The second-order valence-corrected chi connectivity index (χ2v) is 10.1. The second-order valence-electron chi connectivity index (χ2n) is 5.66. The number of hydrogen-bond donors (Lipinski definition) is 1. The fourth-order valence-electron chi connectivity index (χ4n) is 3.10. The number of rotatable bonds is 6. The van der Waals surface area contributed by atoms with Gasteiger partial charge >= 0.3 is 0 Å². The van der Waals surface area contributed by atoms with Crippen LogP contribution in [0.15, 0.2) is 0 Å². The molecule has 1 fully saturated rings. The minimum atomic E-state index is -3.85. The molecule has 0 aromatic rings. The van der Waals surface area contributed by atoms with E-state index in [0.29, 0.717) is 12.8 Å². The van der Waals surface area contributed by atoms with Crippen molar-refractivity contribution in [3.05, 3.63) is 0 Å². The number of hydrogen-bond acceptors (Lipinski definition) is 5. The SMILES string of the molecule is CCN(C1(CN)CCCCCC1)S(=O)(=O)CS(C)(=O)=O. The Hall–Kier alpha value is -0.180. The zero-order valence-corrected chi connectivity index (χ0v) is 14.0. The molecule has 1 rings (SSSR count). The maximum Gasteiger partial charge on any atom is 0.229 e. The molecule has 0 aromatic carbocycles. The van der Waals surface area contributed by atoms with Crippen LogP contribution in [0.25, 0.3) is 0 Å². The van der Waals surface area contributed by atoms with Crippen molar-refractivity contribution in [2.45, 2.75) is 51.0 Å². The van der Waals surface area contributed by atoms with Gasteiger partial charge < -0.3 is 5.73 Å². The van der Waals surface area contributed by atoms with E-state index in [1.165, 1.54) is 4.31 Å². The van der Waals surface area contributed by atoms with Crippen molar-refractivity contribution in [3.8, 4) is 0 Å². The van der Waals surface area contributed by atoms with Gasteiger partial charge in [-0.2, -0.15) is 4.31 Å². The molecule has 0 heterocycles. The summed E-state index contributed by atoms with van der Waals surface area (Å²) in [5, 5.41) is -0.838. The third kappa shape index (κ3) is 4.41. The number of likely N-dealkylation sites (N-methyl/N-ethyl adjacent to an activating group) is 1. The Balaban J connectivity index is 3.14. The summed E-state index contributed by atoms with van der Waals surface area (Å²) in [6.07, 6.45) is 6.38. The first-order chi connectivity index (χ1) is 9.17. The van der Waals surface area contributed by atoms with Gasteiger partial charge in [-0.3, -0.25) is 0 Å². The molecule has 2 N–H and O–H groups in total. The Kier molecular flexibility index (Phi) is 6.01. The first-order valence-electron chi connectivity index (χ1n) is 7.05. The molecule has 1 saturated carbocycles. The molecule has 1 aliphatic rings. The van der Waals surface area contributed by atoms with Crippen LogP contribution >= 0.6 is 0 Å². The molecule has 1 aliphatic carbocycles. The molecule has 6 nitrogen and oxygen atoms in total. The third-order valence-corrected chi connectivity index (χ3v) is 8.15. The molecule has 0 bridgehead atoms. The molecule has 0 saturated heterocycles. The molecule has 0 aliphatic heterocycles. The molecular weight excluding hydrogens is 300 g/mol. The highest BCUT2D eigenvalue weighted by atomic mass is 32.3. The van der Waals surface area contributed by atoms with Crippen molar-refractivity contribution in [3.63, 3.8) is 0 Å². The maximum atomic E-state index is 12.4. The highest BCUT2D eigenvalue weighted by molar-refractivity contribution is 8.06. The molecule has 0 atom stereocenters. The van der Waals surface area contributed by atoms with Gasteiger partial charge in [-0.15, -0.1) is 0 Å². The van der Waals surface area contributed by atoms with E-state index in [4.69, 9.17) is 5.73 Å². The maximum absolute atomic E-state index is 12.4. The summed E-state index contributed by atoms with van der Waals surface area (Å²) in [5.41, 5.74) is 5.27. The highest BCUT2D eigenvalue weighted by Crippen LogP contribution is 2.34. The van der Waals surface area contributed by atoms with Gasteiger partial charge in [0.25, 0.3) is 0 Å². The third-order valence-electron chi connectivity index (χ3n) is 3.93. The Morgan fingerprint density at radius 1 is 1.05 bits per heavy atom. The Morgan fingerprint density at radius 2 is 1.55 bits per heavy atom. The summed E-state index contributed by atoms with van der Waals surface area (Å²) >= 11 is 0. The Bertz CT molecular complexity index is 506. The molecule has 0 aromatic heterocycles. The van der Waals surface area contributed by atoms with E-state index in [1.807, 2.05) is 0 Å². The van der Waals surface area contributed by atoms with Crippen molar-refractivity contribution in [2.75, 3.05) is 24.4 Å².